The second-order valence-corrected chi connectivity index (χ2v) is 19.7. The molecule has 2 heteroatoms. The Hall–Kier alpha value is -6.90. The lowest BCUT2D eigenvalue weighted by Crippen LogP contribution is -2.11. The predicted molar refractivity (Wildman–Crippen MR) is 306 cm³/mol. The Kier molecular flexibility index (Phi) is 15.0. The summed E-state index contributed by atoms with van der Waals surface area (Å²) in [5.41, 5.74) is 19.8. The van der Waals surface area contributed by atoms with Gasteiger partial charge in [-0.15, -0.1) is 0 Å². The minimum Gasteiger partial charge on any atom is -0.310 e. The van der Waals surface area contributed by atoms with Crippen molar-refractivity contribution in [3.05, 3.63) is 215 Å². The van der Waals surface area contributed by atoms with Crippen LogP contribution in [-0.2, 0) is 0 Å². The SMILES string of the molecule is CC.CCCC(CC)c1ccc(N(c2cc(C)cc(C)c2)c2ccc3c(-c4ccccc4)c4cc(N(c5ccc(C6CCCCC6)cc5)c5cc(C)cc(C)c5)ccc4c(-c4ccccc4)c3c2)cc1. The van der Waals surface area contributed by atoms with Crippen molar-refractivity contribution in [2.45, 2.75) is 119 Å². The number of rotatable bonds is 13. The van der Waals surface area contributed by atoms with Crippen LogP contribution in [0.15, 0.2) is 182 Å². The quantitative estimate of drug-likeness (QED) is 0.106. The molecule has 0 aliphatic heterocycles. The smallest absolute Gasteiger partial charge is 0.0468 e. The van der Waals surface area contributed by atoms with Crippen LogP contribution in [-0.4, -0.2) is 0 Å². The maximum atomic E-state index is 2.48. The van der Waals surface area contributed by atoms with Gasteiger partial charge < -0.3 is 9.80 Å². The first-order chi connectivity index (χ1) is 34.3. The normalized spacial score (nSPS) is 13.2. The van der Waals surface area contributed by atoms with E-state index in [1.165, 1.54) is 139 Å². The molecule has 0 saturated heterocycles. The van der Waals surface area contributed by atoms with E-state index in [-0.39, 0.29) is 0 Å². The van der Waals surface area contributed by atoms with E-state index in [9.17, 15) is 0 Å². The van der Waals surface area contributed by atoms with Gasteiger partial charge in [0, 0.05) is 34.1 Å². The molecule has 9 aromatic carbocycles. The van der Waals surface area contributed by atoms with Gasteiger partial charge in [-0.25, -0.2) is 0 Å². The highest BCUT2D eigenvalue weighted by molar-refractivity contribution is 6.22. The Labute approximate surface area is 419 Å². The predicted octanol–water partition coefficient (Wildman–Crippen LogP) is 20.9. The van der Waals surface area contributed by atoms with Crippen LogP contribution in [0.4, 0.5) is 34.1 Å². The van der Waals surface area contributed by atoms with Gasteiger partial charge in [-0.2, -0.15) is 0 Å². The Morgan fingerprint density at radius 2 is 0.829 bits per heavy atom. The molecule has 0 aromatic heterocycles. The first kappa shape index (κ1) is 48.1. The average molecular weight is 917 g/mol. The number of fused-ring (bicyclic) bond motifs is 2. The monoisotopic (exact) mass is 917 g/mol. The van der Waals surface area contributed by atoms with Crippen LogP contribution in [0, 0.1) is 27.7 Å². The van der Waals surface area contributed by atoms with Crippen molar-refractivity contribution in [1.29, 1.82) is 0 Å². The lowest BCUT2D eigenvalue weighted by Gasteiger charge is -2.29. The van der Waals surface area contributed by atoms with E-state index in [1.807, 2.05) is 13.8 Å². The largest absolute Gasteiger partial charge is 0.310 e. The van der Waals surface area contributed by atoms with Crippen molar-refractivity contribution in [2.24, 2.45) is 0 Å². The molecule has 0 amide bonds. The second kappa shape index (κ2) is 21.8. The fraction of sp³-hybridized carbons (Fsp3) is 0.265. The summed E-state index contributed by atoms with van der Waals surface area (Å²) in [6.45, 7) is 17.5. The molecule has 2 nitrogen and oxygen atoms in total. The van der Waals surface area contributed by atoms with Crippen molar-refractivity contribution in [1.82, 2.24) is 0 Å². The Bertz CT molecular complexity index is 2930. The van der Waals surface area contributed by atoms with Gasteiger partial charge in [0.05, 0.1) is 0 Å². The maximum Gasteiger partial charge on any atom is 0.0468 e. The molecule has 1 saturated carbocycles. The van der Waals surface area contributed by atoms with Gasteiger partial charge in [0.25, 0.3) is 0 Å². The molecular weight excluding hydrogens is 845 g/mol. The summed E-state index contributed by atoms with van der Waals surface area (Å²) < 4.78 is 0. The van der Waals surface area contributed by atoms with E-state index in [2.05, 4.69) is 233 Å². The van der Waals surface area contributed by atoms with Gasteiger partial charge in [0.1, 0.15) is 0 Å². The van der Waals surface area contributed by atoms with Crippen LogP contribution >= 0.6 is 0 Å². The molecule has 0 heterocycles. The highest BCUT2D eigenvalue weighted by atomic mass is 15.1. The molecule has 1 aliphatic rings. The number of hydrogen-bond acceptors (Lipinski definition) is 2. The van der Waals surface area contributed by atoms with E-state index >= 15 is 0 Å². The van der Waals surface area contributed by atoms with Crippen LogP contribution in [0.1, 0.15) is 124 Å². The van der Waals surface area contributed by atoms with Crippen molar-refractivity contribution in [3.8, 4) is 22.3 Å². The number of hydrogen-bond donors (Lipinski definition) is 0. The number of benzene rings is 9. The van der Waals surface area contributed by atoms with Gasteiger partial charge >= 0.3 is 0 Å². The van der Waals surface area contributed by atoms with Gasteiger partial charge in [-0.3, -0.25) is 0 Å². The molecule has 70 heavy (non-hydrogen) atoms. The zero-order valence-corrected chi connectivity index (χ0v) is 43.0. The standard InChI is InChI=1S/C66H66N2.C2H6/c1-7-18-49(8-2)51-25-29-55(30-26-51)67(59-39-45(3)37-46(4)40-59)57-33-35-61-63(43-57)65(53-21-14-10-15-22-53)62-36-34-58(44-64(62)66(61)54-23-16-11-17-24-54)68(60-41-47(5)38-48(6)42-60)56-31-27-52(28-32-56)50-19-12-9-13-20-50;1-2/h10-11,14-17,21-44,49-50H,7-9,12-13,18-20H2,1-6H3;1-2H3. The molecule has 1 aliphatic carbocycles. The van der Waals surface area contributed by atoms with E-state index in [1.54, 1.807) is 0 Å². The first-order valence-corrected chi connectivity index (χ1v) is 26.4. The van der Waals surface area contributed by atoms with Crippen molar-refractivity contribution < 1.29 is 0 Å². The van der Waals surface area contributed by atoms with Gasteiger partial charge in [0.15, 0.2) is 0 Å². The van der Waals surface area contributed by atoms with Crippen molar-refractivity contribution in [3.63, 3.8) is 0 Å². The molecule has 0 N–H and O–H groups in total. The molecule has 0 spiro atoms. The summed E-state index contributed by atoms with van der Waals surface area (Å²) in [4.78, 5) is 4.95. The van der Waals surface area contributed by atoms with Crippen LogP contribution in [0.5, 0.6) is 0 Å². The second-order valence-electron chi connectivity index (χ2n) is 19.7. The number of aryl methyl sites for hydroxylation is 4. The molecule has 1 fully saturated rings. The maximum absolute atomic E-state index is 2.48. The molecule has 0 bridgehead atoms. The molecule has 10 rings (SSSR count). The molecule has 9 aromatic rings. The third-order valence-electron chi connectivity index (χ3n) is 14.6. The Morgan fingerprint density at radius 3 is 1.24 bits per heavy atom. The summed E-state index contributed by atoms with van der Waals surface area (Å²) >= 11 is 0. The van der Waals surface area contributed by atoms with Gasteiger partial charge in [-0.1, -0.05) is 163 Å². The lowest BCUT2D eigenvalue weighted by molar-refractivity contribution is 0.443. The lowest BCUT2D eigenvalue weighted by atomic mass is 9.84. The van der Waals surface area contributed by atoms with Gasteiger partial charge in [0.2, 0.25) is 0 Å². The number of anilines is 6. The van der Waals surface area contributed by atoms with E-state index in [4.69, 9.17) is 0 Å². The fourth-order valence-electron chi connectivity index (χ4n) is 11.6. The Morgan fingerprint density at radius 1 is 0.414 bits per heavy atom. The minimum absolute atomic E-state index is 0.572. The average Bonchev–Trinajstić information content (AvgIpc) is 3.38. The van der Waals surface area contributed by atoms with Crippen molar-refractivity contribution >= 4 is 55.7 Å². The molecule has 0 radical (unpaired) electrons. The topological polar surface area (TPSA) is 6.48 Å². The first-order valence-electron chi connectivity index (χ1n) is 26.4. The van der Waals surface area contributed by atoms with Crippen LogP contribution in [0.25, 0.3) is 43.8 Å². The fourth-order valence-corrected chi connectivity index (χ4v) is 11.6. The van der Waals surface area contributed by atoms with Crippen LogP contribution in [0.3, 0.4) is 0 Å². The zero-order valence-electron chi connectivity index (χ0n) is 43.0. The third kappa shape index (κ3) is 10.1. The van der Waals surface area contributed by atoms with E-state index in [0.29, 0.717) is 11.8 Å². The molecule has 354 valence electrons. The van der Waals surface area contributed by atoms with Crippen molar-refractivity contribution in [2.75, 3.05) is 9.80 Å². The highest BCUT2D eigenvalue weighted by Crippen LogP contribution is 2.49. The summed E-state index contributed by atoms with van der Waals surface area (Å²) in [7, 11) is 0. The third-order valence-corrected chi connectivity index (χ3v) is 14.6. The van der Waals surface area contributed by atoms with E-state index in [0.717, 1.165) is 23.5 Å². The van der Waals surface area contributed by atoms with Gasteiger partial charge in [-0.05, 0) is 215 Å². The highest BCUT2D eigenvalue weighted by Gasteiger charge is 2.24. The molecule has 1 atom stereocenters. The van der Waals surface area contributed by atoms with E-state index < -0.39 is 0 Å². The summed E-state index contributed by atoms with van der Waals surface area (Å²) in [6.07, 6.45) is 10.2. The Balaban J connectivity index is 0.00000300. The summed E-state index contributed by atoms with van der Waals surface area (Å²) in [5.74, 6) is 1.23. The zero-order chi connectivity index (χ0) is 48.7. The molecule has 1 unspecified atom stereocenters. The minimum atomic E-state index is 0.572. The molecular formula is C68H72N2. The van der Waals surface area contributed by atoms with Crippen LogP contribution in [0.2, 0.25) is 0 Å². The summed E-state index contributed by atoms with van der Waals surface area (Å²) in [5, 5.41) is 4.94. The van der Waals surface area contributed by atoms with Crippen LogP contribution < -0.4 is 9.80 Å². The summed E-state index contributed by atoms with van der Waals surface area (Å²) in [6, 6.07) is 69.4. The number of nitrogens with zero attached hydrogens (tertiary/aromatic N) is 2.